The Balaban J connectivity index is 4.97. The van der Waals surface area contributed by atoms with Crippen LogP contribution in [0.3, 0.4) is 0 Å². The molecule has 0 aliphatic rings. The van der Waals surface area contributed by atoms with E-state index in [1.165, 1.54) is 193 Å². The standard InChI is InChI=1S/C57H110O6/c1-4-7-10-13-16-19-22-25-27-30-33-36-39-42-45-48-54(60)53(47-44-41-38-35-32-29-24-21-18-15-12-9-6-3)56(62)57(63-51-52(59)50-58)55(61)49-46-43-40-37-34-31-28-26-23-20-17-14-11-8-5-2/h29,32,52-53,56-59,62H,4-28,30-31,33-51H2,1-3H3/b32-29-. The van der Waals surface area contributed by atoms with Crippen molar-refractivity contribution in [3.8, 4) is 0 Å². The maximum atomic E-state index is 13.9. The van der Waals surface area contributed by atoms with Gasteiger partial charge in [0.15, 0.2) is 5.78 Å². The van der Waals surface area contributed by atoms with E-state index in [0.717, 1.165) is 70.6 Å². The zero-order valence-electron chi connectivity index (χ0n) is 42.6. The topological polar surface area (TPSA) is 104 Å². The van der Waals surface area contributed by atoms with Crippen molar-refractivity contribution >= 4 is 11.6 Å². The summed E-state index contributed by atoms with van der Waals surface area (Å²) < 4.78 is 5.90. The van der Waals surface area contributed by atoms with Crippen molar-refractivity contribution in [1.29, 1.82) is 0 Å². The van der Waals surface area contributed by atoms with Crippen LogP contribution in [0.4, 0.5) is 0 Å². The molecule has 0 bridgehead atoms. The van der Waals surface area contributed by atoms with Crippen molar-refractivity contribution in [2.24, 2.45) is 5.92 Å². The van der Waals surface area contributed by atoms with Crippen molar-refractivity contribution in [3.05, 3.63) is 12.2 Å². The molecule has 0 radical (unpaired) electrons. The monoisotopic (exact) mass is 891 g/mol. The molecule has 6 nitrogen and oxygen atoms in total. The molecule has 6 heteroatoms. The third-order valence-electron chi connectivity index (χ3n) is 13.5. The van der Waals surface area contributed by atoms with Gasteiger partial charge in [-0.2, -0.15) is 0 Å². The van der Waals surface area contributed by atoms with Gasteiger partial charge in [0.2, 0.25) is 0 Å². The Morgan fingerprint density at radius 1 is 0.413 bits per heavy atom. The highest BCUT2D eigenvalue weighted by Crippen LogP contribution is 2.25. The summed E-state index contributed by atoms with van der Waals surface area (Å²) in [6.45, 7) is 6.08. The van der Waals surface area contributed by atoms with E-state index < -0.39 is 30.8 Å². The lowest BCUT2D eigenvalue weighted by Gasteiger charge is -2.29. The second-order valence-corrected chi connectivity index (χ2v) is 19.7. The highest BCUT2D eigenvalue weighted by atomic mass is 16.5. The molecule has 4 unspecified atom stereocenters. The molecule has 0 saturated heterocycles. The van der Waals surface area contributed by atoms with E-state index in [-0.39, 0.29) is 18.2 Å². The largest absolute Gasteiger partial charge is 0.394 e. The number of hydrogen-bond acceptors (Lipinski definition) is 6. The fraction of sp³-hybridized carbons (Fsp3) is 0.930. The molecular formula is C57H110O6. The number of ether oxygens (including phenoxy) is 1. The fourth-order valence-corrected chi connectivity index (χ4v) is 9.13. The number of carbonyl (C=O) groups excluding carboxylic acids is 2. The summed E-state index contributed by atoms with van der Waals surface area (Å²) in [4.78, 5) is 27.6. The molecule has 0 saturated carbocycles. The van der Waals surface area contributed by atoms with Crippen molar-refractivity contribution in [3.63, 3.8) is 0 Å². The number of allylic oxidation sites excluding steroid dienone is 2. The SMILES string of the molecule is CCCCCCCC/C=C\CCCCCC(C(=O)CCCCCCCCCCCCCCCCC)C(O)C(OCC(O)CO)C(=O)CCCCCCCCCCCCCCCCC. The van der Waals surface area contributed by atoms with E-state index in [1.807, 2.05) is 0 Å². The van der Waals surface area contributed by atoms with E-state index >= 15 is 0 Å². The Bertz CT molecular complexity index is 966. The van der Waals surface area contributed by atoms with E-state index in [2.05, 4.69) is 32.9 Å². The quantitative estimate of drug-likeness (QED) is 0.0415. The highest BCUT2D eigenvalue weighted by molar-refractivity contribution is 5.86. The molecule has 0 aliphatic carbocycles. The molecule has 0 spiro atoms. The molecule has 0 amide bonds. The van der Waals surface area contributed by atoms with Gasteiger partial charge in [-0.15, -0.1) is 0 Å². The molecule has 0 aromatic heterocycles. The van der Waals surface area contributed by atoms with Gasteiger partial charge < -0.3 is 20.1 Å². The predicted octanol–water partition coefficient (Wildman–Crippen LogP) is 16.6. The Kier molecular flexibility index (Phi) is 49.5. The summed E-state index contributed by atoms with van der Waals surface area (Å²) in [6.07, 6.45) is 53.0. The third-order valence-corrected chi connectivity index (χ3v) is 13.5. The van der Waals surface area contributed by atoms with Crippen molar-refractivity contribution in [2.45, 2.75) is 322 Å². The second kappa shape index (κ2) is 50.3. The van der Waals surface area contributed by atoms with Crippen LogP contribution in [0.2, 0.25) is 0 Å². The van der Waals surface area contributed by atoms with Gasteiger partial charge in [0, 0.05) is 18.8 Å². The smallest absolute Gasteiger partial charge is 0.164 e. The summed E-state index contributed by atoms with van der Waals surface area (Å²) in [7, 11) is 0. The number of hydrogen-bond donors (Lipinski definition) is 3. The minimum absolute atomic E-state index is 0.0344. The van der Waals surface area contributed by atoms with Crippen molar-refractivity contribution in [1.82, 2.24) is 0 Å². The van der Waals surface area contributed by atoms with Crippen molar-refractivity contribution < 1.29 is 29.6 Å². The maximum Gasteiger partial charge on any atom is 0.164 e. The molecule has 0 heterocycles. The normalized spacial score (nSPS) is 13.8. The lowest BCUT2D eigenvalue weighted by atomic mass is 9.84. The van der Waals surface area contributed by atoms with Crippen LogP contribution in [0.5, 0.6) is 0 Å². The van der Waals surface area contributed by atoms with E-state index in [9.17, 15) is 24.9 Å². The van der Waals surface area contributed by atoms with Gasteiger partial charge >= 0.3 is 0 Å². The van der Waals surface area contributed by atoms with Crippen molar-refractivity contribution in [2.75, 3.05) is 13.2 Å². The summed E-state index contributed by atoms with van der Waals surface area (Å²) in [5, 5.41) is 31.4. The fourth-order valence-electron chi connectivity index (χ4n) is 9.13. The van der Waals surface area contributed by atoms with Crippen LogP contribution in [0.15, 0.2) is 12.2 Å². The zero-order valence-corrected chi connectivity index (χ0v) is 42.6. The zero-order chi connectivity index (χ0) is 46.1. The van der Waals surface area contributed by atoms with Crippen LogP contribution >= 0.6 is 0 Å². The Morgan fingerprint density at radius 3 is 1.06 bits per heavy atom. The third kappa shape index (κ3) is 42.0. The molecular weight excluding hydrogens is 781 g/mol. The summed E-state index contributed by atoms with van der Waals surface area (Å²) in [5.41, 5.74) is 0. The van der Waals surface area contributed by atoms with Crippen LogP contribution in [0.25, 0.3) is 0 Å². The van der Waals surface area contributed by atoms with Gasteiger partial charge in [0.05, 0.1) is 19.3 Å². The van der Waals surface area contributed by atoms with E-state index in [0.29, 0.717) is 19.3 Å². The predicted molar refractivity (Wildman–Crippen MR) is 272 cm³/mol. The first-order chi connectivity index (χ1) is 30.9. The molecule has 374 valence electrons. The lowest BCUT2D eigenvalue weighted by Crippen LogP contribution is -2.45. The highest BCUT2D eigenvalue weighted by Gasteiger charge is 2.36. The van der Waals surface area contributed by atoms with Gasteiger partial charge in [-0.25, -0.2) is 0 Å². The van der Waals surface area contributed by atoms with Gasteiger partial charge in [-0.3, -0.25) is 9.59 Å². The number of aliphatic hydroxyl groups excluding tert-OH is 3. The first-order valence-corrected chi connectivity index (χ1v) is 28.2. The van der Waals surface area contributed by atoms with Gasteiger partial charge in [-0.1, -0.05) is 258 Å². The van der Waals surface area contributed by atoms with E-state index in [4.69, 9.17) is 4.74 Å². The number of rotatable bonds is 53. The molecule has 63 heavy (non-hydrogen) atoms. The summed E-state index contributed by atoms with van der Waals surface area (Å²) in [6, 6.07) is 0. The first kappa shape index (κ1) is 61.9. The lowest BCUT2D eigenvalue weighted by molar-refractivity contribution is -0.150. The Labute approximate surface area is 392 Å². The van der Waals surface area contributed by atoms with Crippen LogP contribution in [0.1, 0.15) is 303 Å². The molecule has 0 aromatic rings. The number of Topliss-reactive ketones (excluding diaryl/α,β-unsaturated/α-hetero) is 2. The summed E-state index contributed by atoms with van der Waals surface area (Å²) >= 11 is 0. The molecule has 0 fully saturated rings. The summed E-state index contributed by atoms with van der Waals surface area (Å²) in [5.74, 6) is -0.823. The van der Waals surface area contributed by atoms with Crippen LogP contribution < -0.4 is 0 Å². The van der Waals surface area contributed by atoms with Gasteiger partial charge in [0.25, 0.3) is 0 Å². The average Bonchev–Trinajstić information content (AvgIpc) is 3.28. The van der Waals surface area contributed by atoms with Crippen LogP contribution in [0, 0.1) is 5.92 Å². The average molecular weight is 892 g/mol. The second-order valence-electron chi connectivity index (χ2n) is 19.7. The number of carbonyl (C=O) groups is 2. The number of ketones is 2. The van der Waals surface area contributed by atoms with Gasteiger partial charge in [-0.05, 0) is 44.9 Å². The Hall–Kier alpha value is -1.08. The Morgan fingerprint density at radius 2 is 0.714 bits per heavy atom. The molecule has 3 N–H and O–H groups in total. The van der Waals surface area contributed by atoms with Gasteiger partial charge in [0.1, 0.15) is 18.0 Å². The molecule has 0 aliphatic heterocycles. The first-order valence-electron chi connectivity index (χ1n) is 28.2. The van der Waals surface area contributed by atoms with Crippen LogP contribution in [-0.2, 0) is 14.3 Å². The minimum atomic E-state index is -1.25. The van der Waals surface area contributed by atoms with E-state index in [1.54, 1.807) is 0 Å². The molecule has 0 aromatic carbocycles. The number of aliphatic hydroxyl groups is 3. The van der Waals surface area contributed by atoms with Crippen LogP contribution in [-0.4, -0.2) is 58.4 Å². The molecule has 4 atom stereocenters. The molecule has 0 rings (SSSR count). The minimum Gasteiger partial charge on any atom is -0.394 e. The maximum absolute atomic E-state index is 13.9. The number of unbranched alkanes of at least 4 members (excludes halogenated alkanes) is 37.